The lowest BCUT2D eigenvalue weighted by Crippen LogP contribution is -2.47. The standard InChI is InChI=1S/C26H31ClN4O2/c1-26(2,3)33-25(32)31-14-8-13-21(17-31)29-24-28-16-22(27)23(30-24)20-12-7-11-19(15-20)18-9-5-4-6-10-18/h5,7,9-12,15-16,21H,4,6,8,13-14,17H2,1-3H3,(H,28,29,30)/t21-/m0/s1. The summed E-state index contributed by atoms with van der Waals surface area (Å²) in [5, 5.41) is 3.90. The predicted octanol–water partition coefficient (Wildman–Crippen LogP) is 6.34. The lowest BCUT2D eigenvalue weighted by Gasteiger charge is -2.34. The lowest BCUT2D eigenvalue weighted by atomic mass is 9.97. The summed E-state index contributed by atoms with van der Waals surface area (Å²) in [5.74, 6) is 0.507. The van der Waals surface area contributed by atoms with Crippen LogP contribution < -0.4 is 5.32 Å². The van der Waals surface area contributed by atoms with E-state index >= 15 is 0 Å². The van der Waals surface area contributed by atoms with Crippen LogP contribution in [-0.2, 0) is 4.74 Å². The number of hydrogen-bond acceptors (Lipinski definition) is 5. The first kappa shape index (κ1) is 23.3. The third-order valence-corrected chi connectivity index (χ3v) is 5.89. The summed E-state index contributed by atoms with van der Waals surface area (Å²) in [6.45, 7) is 6.88. The maximum Gasteiger partial charge on any atom is 0.410 e. The molecule has 1 atom stereocenters. The highest BCUT2D eigenvalue weighted by Crippen LogP contribution is 2.30. The normalized spacial score (nSPS) is 18.6. The quantitative estimate of drug-likeness (QED) is 0.569. The zero-order chi connectivity index (χ0) is 23.4. The number of likely N-dealkylation sites (tertiary alicyclic amines) is 1. The van der Waals surface area contributed by atoms with Crippen molar-refractivity contribution in [2.75, 3.05) is 18.4 Å². The van der Waals surface area contributed by atoms with Crippen molar-refractivity contribution in [1.82, 2.24) is 14.9 Å². The molecule has 2 heterocycles. The Kier molecular flexibility index (Phi) is 7.03. The van der Waals surface area contributed by atoms with Crippen LogP contribution >= 0.6 is 11.6 Å². The average molecular weight is 467 g/mol. The maximum atomic E-state index is 12.5. The number of allylic oxidation sites excluding steroid dienone is 4. The molecular weight excluding hydrogens is 436 g/mol. The van der Waals surface area contributed by atoms with Crippen LogP contribution in [0.5, 0.6) is 0 Å². The molecule has 1 saturated heterocycles. The summed E-state index contributed by atoms with van der Waals surface area (Å²) in [7, 11) is 0. The molecule has 1 amide bonds. The number of hydrogen-bond donors (Lipinski definition) is 1. The van der Waals surface area contributed by atoms with Crippen molar-refractivity contribution >= 4 is 29.2 Å². The summed E-state index contributed by atoms with van der Waals surface area (Å²) in [6, 6.07) is 8.31. The topological polar surface area (TPSA) is 67.3 Å². The minimum Gasteiger partial charge on any atom is -0.444 e. The fourth-order valence-corrected chi connectivity index (χ4v) is 4.28. The number of piperidine rings is 1. The van der Waals surface area contributed by atoms with Gasteiger partial charge in [-0.05, 0) is 63.7 Å². The van der Waals surface area contributed by atoms with Crippen LogP contribution in [0.25, 0.3) is 16.8 Å². The number of aromatic nitrogens is 2. The molecule has 0 bridgehead atoms. The zero-order valence-corrected chi connectivity index (χ0v) is 20.2. The fourth-order valence-electron chi connectivity index (χ4n) is 4.08. The molecule has 0 unspecified atom stereocenters. The van der Waals surface area contributed by atoms with Gasteiger partial charge in [0.25, 0.3) is 0 Å². The Hall–Kier alpha value is -2.86. The summed E-state index contributed by atoms with van der Waals surface area (Å²) in [6.07, 6.45) is 11.9. The molecule has 4 rings (SSSR count). The van der Waals surface area contributed by atoms with Gasteiger partial charge in [-0.3, -0.25) is 0 Å². The third-order valence-electron chi connectivity index (χ3n) is 5.61. The molecule has 2 aliphatic rings. The molecule has 0 saturated carbocycles. The Balaban J connectivity index is 1.49. The third kappa shape index (κ3) is 6.14. The van der Waals surface area contributed by atoms with Gasteiger partial charge in [-0.2, -0.15) is 0 Å². The highest BCUT2D eigenvalue weighted by molar-refractivity contribution is 6.32. The van der Waals surface area contributed by atoms with Gasteiger partial charge in [0.05, 0.1) is 16.9 Å². The largest absolute Gasteiger partial charge is 0.444 e. The van der Waals surface area contributed by atoms with Gasteiger partial charge in [-0.1, -0.05) is 48.0 Å². The number of nitrogens with one attached hydrogen (secondary N) is 1. The highest BCUT2D eigenvalue weighted by Gasteiger charge is 2.28. The molecule has 1 N–H and O–H groups in total. The number of carbonyl (C=O) groups is 1. The molecular formula is C26H31ClN4O2. The van der Waals surface area contributed by atoms with Gasteiger partial charge in [0.1, 0.15) is 5.60 Å². The highest BCUT2D eigenvalue weighted by atomic mass is 35.5. The van der Waals surface area contributed by atoms with Crippen LogP contribution in [0, 0.1) is 0 Å². The van der Waals surface area contributed by atoms with Crippen LogP contribution in [0.1, 0.15) is 52.0 Å². The van der Waals surface area contributed by atoms with E-state index in [-0.39, 0.29) is 12.1 Å². The molecule has 1 aliphatic heterocycles. The first-order valence-corrected chi connectivity index (χ1v) is 11.9. The summed E-state index contributed by atoms with van der Waals surface area (Å²) in [4.78, 5) is 23.3. The maximum absolute atomic E-state index is 12.5. The monoisotopic (exact) mass is 466 g/mol. The van der Waals surface area contributed by atoms with Crippen molar-refractivity contribution in [1.29, 1.82) is 0 Å². The number of amides is 1. The zero-order valence-electron chi connectivity index (χ0n) is 19.5. The molecule has 0 radical (unpaired) electrons. The van der Waals surface area contributed by atoms with Crippen LogP contribution in [0.15, 0.2) is 48.7 Å². The Morgan fingerprint density at radius 3 is 2.82 bits per heavy atom. The molecule has 33 heavy (non-hydrogen) atoms. The number of benzene rings is 1. The minimum absolute atomic E-state index is 0.0455. The molecule has 1 aliphatic carbocycles. The van der Waals surface area contributed by atoms with E-state index in [0.29, 0.717) is 29.8 Å². The van der Waals surface area contributed by atoms with E-state index < -0.39 is 5.60 Å². The number of halogens is 1. The van der Waals surface area contributed by atoms with Gasteiger partial charge >= 0.3 is 6.09 Å². The molecule has 1 aromatic heterocycles. The Labute approximate surface area is 200 Å². The van der Waals surface area contributed by atoms with Crippen molar-refractivity contribution in [2.45, 2.75) is 58.1 Å². The van der Waals surface area contributed by atoms with Crippen LogP contribution in [0.4, 0.5) is 10.7 Å². The second-order valence-electron chi connectivity index (χ2n) is 9.52. The van der Waals surface area contributed by atoms with E-state index in [1.807, 2.05) is 32.9 Å². The number of ether oxygens (including phenoxy) is 1. The van der Waals surface area contributed by atoms with Crippen molar-refractivity contribution in [3.63, 3.8) is 0 Å². The number of rotatable bonds is 4. The molecule has 7 heteroatoms. The molecule has 0 spiro atoms. The molecule has 1 fully saturated rings. The summed E-state index contributed by atoms with van der Waals surface area (Å²) in [5.41, 5.74) is 3.49. The Morgan fingerprint density at radius 1 is 1.24 bits per heavy atom. The Bertz CT molecular complexity index is 1070. The van der Waals surface area contributed by atoms with Gasteiger partial charge in [0.15, 0.2) is 0 Å². The van der Waals surface area contributed by atoms with Gasteiger partial charge < -0.3 is 15.0 Å². The van der Waals surface area contributed by atoms with E-state index in [1.54, 1.807) is 11.1 Å². The predicted molar refractivity (Wildman–Crippen MR) is 133 cm³/mol. The molecule has 2 aromatic rings. The molecule has 174 valence electrons. The first-order chi connectivity index (χ1) is 15.8. The van der Waals surface area contributed by atoms with Crippen LogP contribution in [-0.4, -0.2) is 45.7 Å². The van der Waals surface area contributed by atoms with E-state index in [1.165, 1.54) is 5.57 Å². The van der Waals surface area contributed by atoms with E-state index in [9.17, 15) is 4.79 Å². The molecule has 6 nitrogen and oxygen atoms in total. The fraction of sp³-hybridized carbons (Fsp3) is 0.423. The van der Waals surface area contributed by atoms with E-state index in [0.717, 1.165) is 36.8 Å². The number of carbonyl (C=O) groups excluding carboxylic acids is 1. The van der Waals surface area contributed by atoms with Gasteiger partial charge in [-0.15, -0.1) is 0 Å². The van der Waals surface area contributed by atoms with Gasteiger partial charge in [0.2, 0.25) is 5.95 Å². The second kappa shape index (κ2) is 9.96. The molecule has 1 aromatic carbocycles. The van der Waals surface area contributed by atoms with Crippen molar-refractivity contribution in [2.24, 2.45) is 0 Å². The van der Waals surface area contributed by atoms with Crippen LogP contribution in [0.2, 0.25) is 5.02 Å². The van der Waals surface area contributed by atoms with E-state index in [2.05, 4.69) is 40.7 Å². The van der Waals surface area contributed by atoms with Gasteiger partial charge in [-0.25, -0.2) is 14.8 Å². The average Bonchev–Trinajstić information content (AvgIpc) is 2.80. The second-order valence-corrected chi connectivity index (χ2v) is 9.93. The lowest BCUT2D eigenvalue weighted by molar-refractivity contribution is 0.0206. The Morgan fingerprint density at radius 2 is 2.06 bits per heavy atom. The van der Waals surface area contributed by atoms with Crippen LogP contribution in [0.3, 0.4) is 0 Å². The SMILES string of the molecule is CC(C)(C)OC(=O)N1CCC[C@H](Nc2ncc(Cl)c(-c3cccc(C4=CCCC=C4)c3)n2)C1. The van der Waals surface area contributed by atoms with Crippen molar-refractivity contribution in [3.05, 3.63) is 59.3 Å². The van der Waals surface area contributed by atoms with Crippen molar-refractivity contribution in [3.8, 4) is 11.3 Å². The minimum atomic E-state index is -0.510. The smallest absolute Gasteiger partial charge is 0.410 e. The summed E-state index contributed by atoms with van der Waals surface area (Å²) < 4.78 is 5.53. The number of anilines is 1. The van der Waals surface area contributed by atoms with Gasteiger partial charge in [0, 0.05) is 24.7 Å². The van der Waals surface area contributed by atoms with E-state index in [4.69, 9.17) is 21.3 Å². The van der Waals surface area contributed by atoms with Crippen molar-refractivity contribution < 1.29 is 9.53 Å². The first-order valence-electron chi connectivity index (χ1n) is 11.5. The summed E-state index contributed by atoms with van der Waals surface area (Å²) >= 11 is 6.49. The number of nitrogens with zero attached hydrogens (tertiary/aromatic N) is 3.